The molecule has 0 saturated carbocycles. The van der Waals surface area contributed by atoms with Crippen LogP contribution in [0.15, 0.2) is 11.1 Å². The molecule has 0 fully saturated rings. The lowest BCUT2D eigenvalue weighted by Gasteiger charge is -2.30. The Labute approximate surface area is 100 Å². The van der Waals surface area contributed by atoms with Crippen molar-refractivity contribution in [2.45, 2.75) is 53.3 Å². The lowest BCUT2D eigenvalue weighted by Crippen LogP contribution is -2.30. The van der Waals surface area contributed by atoms with Crippen LogP contribution in [0.1, 0.15) is 33.6 Å². The van der Waals surface area contributed by atoms with Crippen molar-refractivity contribution in [1.82, 2.24) is 0 Å². The molecule has 16 heavy (non-hydrogen) atoms. The summed E-state index contributed by atoms with van der Waals surface area (Å²) in [4.78, 5) is 11.9. The van der Waals surface area contributed by atoms with Crippen LogP contribution in [0.3, 0.4) is 0 Å². The molecule has 0 saturated heterocycles. The molecule has 0 aromatic rings. The molecule has 0 heterocycles. The van der Waals surface area contributed by atoms with Gasteiger partial charge in [-0.1, -0.05) is 31.1 Å². The van der Waals surface area contributed by atoms with Crippen molar-refractivity contribution in [3.63, 3.8) is 0 Å². The Morgan fingerprint density at radius 2 is 1.75 bits per heavy atom. The molecule has 0 aliphatic heterocycles. The molecule has 0 aromatic heterocycles. The predicted octanol–water partition coefficient (Wildman–Crippen LogP) is 3.57. The van der Waals surface area contributed by atoms with E-state index in [0.29, 0.717) is 12.2 Å². The number of Topliss-reactive ketones (excluding diaryl/α,β-unsaturated/α-hetero) is 1. The van der Waals surface area contributed by atoms with E-state index < -0.39 is 8.07 Å². The van der Waals surface area contributed by atoms with E-state index in [2.05, 4.69) is 38.0 Å². The van der Waals surface area contributed by atoms with Crippen molar-refractivity contribution in [1.29, 1.82) is 0 Å². The van der Waals surface area contributed by atoms with Crippen LogP contribution in [0.25, 0.3) is 0 Å². The molecule has 0 atom stereocenters. The average Bonchev–Trinajstić information content (AvgIpc) is 2.09. The van der Waals surface area contributed by atoms with E-state index in [9.17, 15) is 4.79 Å². The van der Waals surface area contributed by atoms with Crippen LogP contribution in [0.5, 0.6) is 0 Å². The van der Waals surface area contributed by atoms with E-state index in [-0.39, 0.29) is 5.41 Å². The molecule has 1 rings (SSSR count). The highest BCUT2D eigenvalue weighted by atomic mass is 28.3. The van der Waals surface area contributed by atoms with Gasteiger partial charge in [0.1, 0.15) is 13.9 Å². The van der Waals surface area contributed by atoms with E-state index >= 15 is 0 Å². The number of ketones is 1. The standard InChI is InChI=1S/C14H22OSi/c1-11-7-8-13(15)14(2,3)12(11)9-10-16(4,5)6/h7-8H2,1-6H3. The molecule has 0 radical (unpaired) electrons. The first-order valence-corrected chi connectivity index (χ1v) is 9.41. The summed E-state index contributed by atoms with van der Waals surface area (Å²) in [6, 6.07) is 0. The number of carbonyl (C=O) groups is 1. The second kappa shape index (κ2) is 4.22. The van der Waals surface area contributed by atoms with Crippen LogP contribution in [0.2, 0.25) is 19.6 Å². The first-order chi connectivity index (χ1) is 7.14. The molecule has 88 valence electrons. The minimum atomic E-state index is -1.36. The summed E-state index contributed by atoms with van der Waals surface area (Å²) < 4.78 is 0. The van der Waals surface area contributed by atoms with Gasteiger partial charge < -0.3 is 0 Å². The predicted molar refractivity (Wildman–Crippen MR) is 71.8 cm³/mol. The molecular weight excluding hydrogens is 212 g/mol. The van der Waals surface area contributed by atoms with Gasteiger partial charge in [-0.25, -0.2) is 0 Å². The zero-order chi connectivity index (χ0) is 12.6. The van der Waals surface area contributed by atoms with Gasteiger partial charge in [0.25, 0.3) is 0 Å². The highest BCUT2D eigenvalue weighted by molar-refractivity contribution is 6.83. The zero-order valence-electron chi connectivity index (χ0n) is 11.3. The topological polar surface area (TPSA) is 17.1 Å². The minimum absolute atomic E-state index is 0.331. The summed E-state index contributed by atoms with van der Waals surface area (Å²) in [7, 11) is -1.36. The van der Waals surface area contributed by atoms with Crippen LogP contribution in [0.4, 0.5) is 0 Å². The average molecular weight is 234 g/mol. The normalized spacial score (nSPS) is 20.5. The fraction of sp³-hybridized carbons (Fsp3) is 0.643. The van der Waals surface area contributed by atoms with E-state index in [1.54, 1.807) is 0 Å². The summed E-state index contributed by atoms with van der Waals surface area (Å²) in [5, 5.41) is 0. The quantitative estimate of drug-likeness (QED) is 0.462. The Morgan fingerprint density at radius 1 is 1.19 bits per heavy atom. The smallest absolute Gasteiger partial charge is 0.143 e. The van der Waals surface area contributed by atoms with Crippen LogP contribution >= 0.6 is 0 Å². The summed E-state index contributed by atoms with van der Waals surface area (Å²) >= 11 is 0. The lowest BCUT2D eigenvalue weighted by molar-refractivity contribution is -0.125. The first-order valence-electron chi connectivity index (χ1n) is 5.91. The van der Waals surface area contributed by atoms with Crippen LogP contribution in [0, 0.1) is 16.9 Å². The lowest BCUT2D eigenvalue weighted by atomic mass is 9.72. The van der Waals surface area contributed by atoms with Crippen molar-refractivity contribution in [3.8, 4) is 11.5 Å². The van der Waals surface area contributed by atoms with Crippen LogP contribution < -0.4 is 0 Å². The number of rotatable bonds is 0. The van der Waals surface area contributed by atoms with Crippen molar-refractivity contribution in [2.75, 3.05) is 0 Å². The van der Waals surface area contributed by atoms with Gasteiger partial charge >= 0.3 is 0 Å². The largest absolute Gasteiger partial charge is 0.299 e. The van der Waals surface area contributed by atoms with E-state index in [1.807, 2.05) is 13.8 Å². The van der Waals surface area contributed by atoms with Gasteiger partial charge in [-0.05, 0) is 27.2 Å². The van der Waals surface area contributed by atoms with Crippen molar-refractivity contribution >= 4 is 13.9 Å². The molecule has 0 bridgehead atoms. The summed E-state index contributed by atoms with van der Waals surface area (Å²) in [6.45, 7) is 12.8. The molecule has 0 N–H and O–H groups in total. The van der Waals surface area contributed by atoms with E-state index in [4.69, 9.17) is 0 Å². The SMILES string of the molecule is CC1=C(C#C[Si](C)(C)C)C(C)(C)C(=O)CC1. The molecule has 1 aliphatic rings. The Hall–Kier alpha value is -0.813. The van der Waals surface area contributed by atoms with Gasteiger partial charge in [-0.3, -0.25) is 4.79 Å². The first kappa shape index (κ1) is 13.3. The monoisotopic (exact) mass is 234 g/mol. The van der Waals surface area contributed by atoms with Crippen molar-refractivity contribution in [2.24, 2.45) is 5.41 Å². The second-order valence-corrected chi connectivity index (χ2v) is 11.0. The molecule has 0 amide bonds. The Bertz CT molecular complexity index is 397. The van der Waals surface area contributed by atoms with E-state index in [0.717, 1.165) is 12.0 Å². The fourth-order valence-electron chi connectivity index (χ4n) is 1.92. The number of hydrogen-bond acceptors (Lipinski definition) is 1. The fourth-order valence-corrected chi connectivity index (χ4v) is 2.42. The maximum absolute atomic E-state index is 11.9. The third-order valence-corrected chi connectivity index (χ3v) is 3.91. The number of allylic oxidation sites excluding steroid dienone is 2. The van der Waals surface area contributed by atoms with Gasteiger partial charge in [-0.2, -0.15) is 0 Å². The van der Waals surface area contributed by atoms with Gasteiger partial charge in [0.2, 0.25) is 0 Å². The molecule has 1 nitrogen and oxygen atoms in total. The van der Waals surface area contributed by atoms with Gasteiger partial charge in [-0.15, -0.1) is 5.54 Å². The molecule has 0 aromatic carbocycles. The molecule has 0 unspecified atom stereocenters. The maximum Gasteiger partial charge on any atom is 0.143 e. The Kier molecular flexibility index (Phi) is 3.49. The minimum Gasteiger partial charge on any atom is -0.299 e. The van der Waals surface area contributed by atoms with E-state index in [1.165, 1.54) is 5.57 Å². The number of hydrogen-bond donors (Lipinski definition) is 0. The summed E-state index contributed by atoms with van der Waals surface area (Å²) in [5.74, 6) is 3.63. The second-order valence-electron chi connectivity index (χ2n) is 6.20. The van der Waals surface area contributed by atoms with Gasteiger partial charge in [0.15, 0.2) is 0 Å². The molecule has 2 heteroatoms. The zero-order valence-corrected chi connectivity index (χ0v) is 12.3. The maximum atomic E-state index is 11.9. The molecule has 1 aliphatic carbocycles. The molecule has 0 spiro atoms. The Morgan fingerprint density at radius 3 is 2.25 bits per heavy atom. The third-order valence-electron chi connectivity index (χ3n) is 3.04. The highest BCUT2D eigenvalue weighted by Gasteiger charge is 2.35. The third kappa shape index (κ3) is 2.86. The summed E-state index contributed by atoms with van der Waals surface area (Å²) in [5.41, 5.74) is 5.39. The van der Waals surface area contributed by atoms with Gasteiger partial charge in [0, 0.05) is 12.0 Å². The van der Waals surface area contributed by atoms with Crippen molar-refractivity contribution in [3.05, 3.63) is 11.1 Å². The number of carbonyl (C=O) groups excluding carboxylic acids is 1. The van der Waals surface area contributed by atoms with Crippen LogP contribution in [-0.2, 0) is 4.79 Å². The highest BCUT2D eigenvalue weighted by Crippen LogP contribution is 2.37. The molecular formula is C14H22OSi. The van der Waals surface area contributed by atoms with Crippen LogP contribution in [-0.4, -0.2) is 13.9 Å². The van der Waals surface area contributed by atoms with Crippen molar-refractivity contribution < 1.29 is 4.79 Å². The summed E-state index contributed by atoms with van der Waals surface area (Å²) in [6.07, 6.45) is 1.56. The Balaban J connectivity index is 3.17. The van der Waals surface area contributed by atoms with Gasteiger partial charge in [0.05, 0.1) is 5.41 Å².